The number of rotatable bonds is 9. The minimum Gasteiger partial charge on any atom is -0.393 e. The normalized spacial score (nSPS) is 12.8. The maximum atomic E-state index is 11.9. The maximum absolute atomic E-state index is 11.9. The van der Waals surface area contributed by atoms with E-state index in [1.54, 1.807) is 0 Å². The van der Waals surface area contributed by atoms with Crippen LogP contribution in [0.2, 0.25) is 0 Å². The Balaban J connectivity index is 4.19. The quantitative estimate of drug-likeness (QED) is 0.626. The number of thiocarbonyl (C=S) groups is 1. The van der Waals surface area contributed by atoms with E-state index in [0.717, 1.165) is 25.9 Å². The van der Waals surface area contributed by atoms with E-state index in [1.165, 1.54) is 0 Å². The second-order valence-corrected chi connectivity index (χ2v) is 5.18. The Morgan fingerprint density at radius 1 is 1.33 bits per heavy atom. The van der Waals surface area contributed by atoms with E-state index < -0.39 is 0 Å². The van der Waals surface area contributed by atoms with Gasteiger partial charge in [-0.05, 0) is 19.4 Å². The molecule has 1 unspecified atom stereocenters. The van der Waals surface area contributed by atoms with E-state index in [0.29, 0.717) is 11.5 Å². The van der Waals surface area contributed by atoms with E-state index in [1.807, 2.05) is 13.8 Å². The summed E-state index contributed by atoms with van der Waals surface area (Å²) in [5.74, 6) is 0.224. The van der Waals surface area contributed by atoms with Crippen molar-refractivity contribution >= 4 is 23.1 Å². The first-order valence-electron chi connectivity index (χ1n) is 6.75. The van der Waals surface area contributed by atoms with Crippen LogP contribution in [0.1, 0.15) is 40.5 Å². The van der Waals surface area contributed by atoms with Gasteiger partial charge in [-0.25, -0.2) is 0 Å². The van der Waals surface area contributed by atoms with Gasteiger partial charge in [0.15, 0.2) is 0 Å². The fraction of sp³-hybridized carbons (Fsp3) is 0.846. The van der Waals surface area contributed by atoms with Crippen LogP contribution in [-0.4, -0.2) is 41.5 Å². The number of nitrogens with one attached hydrogen (secondary N) is 1. The predicted molar refractivity (Wildman–Crippen MR) is 80.6 cm³/mol. The molecule has 18 heavy (non-hydrogen) atoms. The second kappa shape index (κ2) is 9.28. The number of hydrogen-bond acceptors (Lipinski definition) is 3. The first-order chi connectivity index (χ1) is 8.44. The van der Waals surface area contributed by atoms with Gasteiger partial charge in [0.1, 0.15) is 0 Å². The average molecular weight is 273 g/mol. The molecule has 0 fully saturated rings. The predicted octanol–water partition coefficient (Wildman–Crippen LogP) is 1.54. The Kier molecular flexibility index (Phi) is 8.93. The van der Waals surface area contributed by atoms with Gasteiger partial charge in [-0.3, -0.25) is 9.69 Å². The lowest BCUT2D eigenvalue weighted by Crippen LogP contribution is -2.44. The SMILES string of the molecule is CCC(CC)NC(=O)CN(CC)CC(C)C(N)=S. The second-order valence-electron chi connectivity index (χ2n) is 4.71. The third-order valence-corrected chi connectivity index (χ3v) is 3.59. The van der Waals surface area contributed by atoms with Crippen molar-refractivity contribution in [2.24, 2.45) is 11.7 Å². The van der Waals surface area contributed by atoms with Crippen LogP contribution in [0.4, 0.5) is 0 Å². The van der Waals surface area contributed by atoms with Gasteiger partial charge in [-0.15, -0.1) is 0 Å². The van der Waals surface area contributed by atoms with Crippen molar-refractivity contribution in [3.63, 3.8) is 0 Å². The van der Waals surface area contributed by atoms with Gasteiger partial charge in [0.05, 0.1) is 11.5 Å². The minimum atomic E-state index is 0.0840. The van der Waals surface area contributed by atoms with E-state index in [-0.39, 0.29) is 17.9 Å². The molecule has 106 valence electrons. The topological polar surface area (TPSA) is 58.4 Å². The summed E-state index contributed by atoms with van der Waals surface area (Å²) >= 11 is 4.96. The number of likely N-dealkylation sites (N-methyl/N-ethyl adjacent to an activating group) is 1. The van der Waals surface area contributed by atoms with Gasteiger partial charge in [-0.2, -0.15) is 0 Å². The zero-order valence-corrected chi connectivity index (χ0v) is 12.8. The number of amides is 1. The summed E-state index contributed by atoms with van der Waals surface area (Å²) in [4.78, 5) is 14.5. The molecule has 1 amide bonds. The number of carbonyl (C=O) groups is 1. The number of carbonyl (C=O) groups excluding carboxylic acids is 1. The van der Waals surface area contributed by atoms with Gasteiger partial charge in [0.2, 0.25) is 5.91 Å². The highest BCUT2D eigenvalue weighted by atomic mass is 32.1. The molecule has 0 aliphatic heterocycles. The summed E-state index contributed by atoms with van der Waals surface area (Å²) in [6, 6.07) is 0.282. The van der Waals surface area contributed by atoms with Gasteiger partial charge in [0.25, 0.3) is 0 Å². The van der Waals surface area contributed by atoms with Crippen LogP contribution in [0.15, 0.2) is 0 Å². The monoisotopic (exact) mass is 273 g/mol. The number of hydrogen-bond donors (Lipinski definition) is 2. The van der Waals surface area contributed by atoms with Crippen LogP contribution in [0.25, 0.3) is 0 Å². The van der Waals surface area contributed by atoms with E-state index in [9.17, 15) is 4.79 Å². The molecule has 0 heterocycles. The molecule has 0 aliphatic rings. The van der Waals surface area contributed by atoms with Crippen molar-refractivity contribution in [2.45, 2.75) is 46.6 Å². The third kappa shape index (κ3) is 6.91. The molecule has 0 radical (unpaired) electrons. The Labute approximate surface area is 116 Å². The smallest absolute Gasteiger partial charge is 0.234 e. The molecule has 0 aliphatic carbocycles. The summed E-state index contributed by atoms with van der Waals surface area (Å²) in [6.07, 6.45) is 1.94. The molecule has 0 saturated heterocycles. The third-order valence-electron chi connectivity index (χ3n) is 3.18. The summed E-state index contributed by atoms with van der Waals surface area (Å²) in [5.41, 5.74) is 5.60. The van der Waals surface area contributed by atoms with Crippen molar-refractivity contribution in [1.29, 1.82) is 0 Å². The molecular formula is C13H27N3OS. The molecule has 1 atom stereocenters. The molecule has 5 heteroatoms. The number of nitrogens with zero attached hydrogens (tertiary/aromatic N) is 1. The Morgan fingerprint density at radius 2 is 1.89 bits per heavy atom. The molecule has 4 nitrogen and oxygen atoms in total. The van der Waals surface area contributed by atoms with Crippen molar-refractivity contribution in [2.75, 3.05) is 19.6 Å². The van der Waals surface area contributed by atoms with Crippen molar-refractivity contribution in [1.82, 2.24) is 10.2 Å². The first-order valence-corrected chi connectivity index (χ1v) is 7.16. The van der Waals surface area contributed by atoms with Crippen molar-refractivity contribution < 1.29 is 4.79 Å². The molecule has 0 aromatic carbocycles. The summed E-state index contributed by atoms with van der Waals surface area (Å²) in [5, 5.41) is 3.04. The Hall–Kier alpha value is -0.680. The molecule has 3 N–H and O–H groups in total. The van der Waals surface area contributed by atoms with E-state index in [4.69, 9.17) is 18.0 Å². The van der Waals surface area contributed by atoms with Gasteiger partial charge in [-0.1, -0.05) is 39.9 Å². The lowest BCUT2D eigenvalue weighted by Gasteiger charge is -2.24. The minimum absolute atomic E-state index is 0.0840. The van der Waals surface area contributed by atoms with E-state index in [2.05, 4.69) is 24.1 Å². The van der Waals surface area contributed by atoms with Gasteiger partial charge in [0, 0.05) is 18.5 Å². The highest BCUT2D eigenvalue weighted by molar-refractivity contribution is 7.80. The fourth-order valence-electron chi connectivity index (χ4n) is 1.75. The van der Waals surface area contributed by atoms with Crippen molar-refractivity contribution in [3.05, 3.63) is 0 Å². The molecule has 0 bridgehead atoms. The van der Waals surface area contributed by atoms with Gasteiger partial charge >= 0.3 is 0 Å². The zero-order chi connectivity index (χ0) is 14.1. The van der Waals surface area contributed by atoms with Crippen LogP contribution in [0, 0.1) is 5.92 Å². The van der Waals surface area contributed by atoms with Crippen molar-refractivity contribution in [3.8, 4) is 0 Å². The molecular weight excluding hydrogens is 246 g/mol. The molecule has 0 aromatic rings. The highest BCUT2D eigenvalue weighted by Crippen LogP contribution is 2.01. The zero-order valence-electron chi connectivity index (χ0n) is 12.0. The average Bonchev–Trinajstić information content (AvgIpc) is 2.34. The van der Waals surface area contributed by atoms with Crippen LogP contribution < -0.4 is 11.1 Å². The van der Waals surface area contributed by atoms with Crippen LogP contribution in [-0.2, 0) is 4.79 Å². The van der Waals surface area contributed by atoms with Gasteiger partial charge < -0.3 is 11.1 Å². The molecule has 0 rings (SSSR count). The summed E-state index contributed by atoms with van der Waals surface area (Å²) < 4.78 is 0. The van der Waals surface area contributed by atoms with Crippen LogP contribution >= 0.6 is 12.2 Å². The summed E-state index contributed by atoms with van der Waals surface area (Å²) in [7, 11) is 0. The first kappa shape index (κ1) is 17.3. The number of nitrogens with two attached hydrogens (primary N) is 1. The fourth-order valence-corrected chi connectivity index (χ4v) is 1.83. The molecule has 0 spiro atoms. The lowest BCUT2D eigenvalue weighted by atomic mass is 10.1. The maximum Gasteiger partial charge on any atom is 0.234 e. The largest absolute Gasteiger partial charge is 0.393 e. The lowest BCUT2D eigenvalue weighted by molar-refractivity contribution is -0.123. The Bertz CT molecular complexity index is 267. The highest BCUT2D eigenvalue weighted by Gasteiger charge is 2.15. The standard InChI is InChI=1S/C13H27N3OS/c1-5-11(6-2)15-12(17)9-16(7-3)8-10(4)13(14)18/h10-11H,5-9H2,1-4H3,(H2,14,18)(H,15,17). The molecule has 0 aromatic heterocycles. The van der Waals surface area contributed by atoms with Crippen LogP contribution in [0.5, 0.6) is 0 Å². The molecule has 0 saturated carbocycles. The van der Waals surface area contributed by atoms with Crippen LogP contribution in [0.3, 0.4) is 0 Å². The summed E-state index contributed by atoms with van der Waals surface area (Å²) in [6.45, 7) is 10.2. The Morgan fingerprint density at radius 3 is 2.28 bits per heavy atom. The van der Waals surface area contributed by atoms with E-state index >= 15 is 0 Å².